The molecular formula is C25H28N4O3S. The van der Waals surface area contributed by atoms with E-state index < -0.39 is 10.0 Å². The minimum atomic E-state index is -3.60. The smallest absolute Gasteiger partial charge is 0.272 e. The maximum absolute atomic E-state index is 13.5. The summed E-state index contributed by atoms with van der Waals surface area (Å²) in [7, 11) is -3.60. The van der Waals surface area contributed by atoms with Gasteiger partial charge in [-0.15, -0.1) is 0 Å². The minimum Gasteiger partial charge on any atom is -0.335 e. The van der Waals surface area contributed by atoms with Crippen LogP contribution in [0.2, 0.25) is 0 Å². The average Bonchev–Trinajstić information content (AvgIpc) is 3.57. The van der Waals surface area contributed by atoms with Gasteiger partial charge in [-0.1, -0.05) is 35.9 Å². The summed E-state index contributed by atoms with van der Waals surface area (Å²) in [4.78, 5) is 15.5. The van der Waals surface area contributed by atoms with E-state index >= 15 is 0 Å². The number of aryl methyl sites for hydroxylation is 2. The third-order valence-electron chi connectivity index (χ3n) is 6.42. The first-order valence-corrected chi connectivity index (χ1v) is 12.8. The van der Waals surface area contributed by atoms with Crippen molar-refractivity contribution in [2.75, 3.05) is 26.2 Å². The van der Waals surface area contributed by atoms with Crippen molar-refractivity contribution in [2.45, 2.75) is 37.5 Å². The Kier molecular flexibility index (Phi) is 5.58. The Hall–Kier alpha value is -2.97. The van der Waals surface area contributed by atoms with E-state index in [1.807, 2.05) is 62.4 Å². The van der Waals surface area contributed by atoms with Gasteiger partial charge in [-0.3, -0.25) is 4.79 Å². The average molecular weight is 465 g/mol. The molecule has 0 bridgehead atoms. The van der Waals surface area contributed by atoms with Crippen LogP contribution in [0.4, 0.5) is 0 Å². The van der Waals surface area contributed by atoms with Crippen LogP contribution in [0.1, 0.15) is 46.1 Å². The number of nitrogens with zero attached hydrogens (tertiary/aromatic N) is 4. The lowest BCUT2D eigenvalue weighted by Gasteiger charge is -2.34. The highest BCUT2D eigenvalue weighted by molar-refractivity contribution is 7.89. The Bertz CT molecular complexity index is 1290. The molecule has 7 nitrogen and oxygen atoms in total. The van der Waals surface area contributed by atoms with Crippen LogP contribution in [0.3, 0.4) is 0 Å². The fourth-order valence-electron chi connectivity index (χ4n) is 4.42. The van der Waals surface area contributed by atoms with Gasteiger partial charge in [0.15, 0.2) is 0 Å². The molecule has 2 heterocycles. The lowest BCUT2D eigenvalue weighted by molar-refractivity contribution is 0.0688. The molecule has 0 atom stereocenters. The molecule has 1 aromatic heterocycles. The van der Waals surface area contributed by atoms with Gasteiger partial charge in [0.05, 0.1) is 16.3 Å². The third-order valence-corrected chi connectivity index (χ3v) is 8.48. The van der Waals surface area contributed by atoms with E-state index in [0.717, 1.165) is 35.3 Å². The zero-order valence-corrected chi connectivity index (χ0v) is 19.8. The molecule has 0 radical (unpaired) electrons. The topological polar surface area (TPSA) is 75.5 Å². The van der Waals surface area contributed by atoms with Crippen LogP contribution in [0.25, 0.3) is 5.69 Å². The first-order chi connectivity index (χ1) is 15.8. The highest BCUT2D eigenvalue weighted by Crippen LogP contribution is 2.40. The molecule has 1 amide bonds. The van der Waals surface area contributed by atoms with Gasteiger partial charge in [-0.2, -0.15) is 9.40 Å². The van der Waals surface area contributed by atoms with Crippen molar-refractivity contribution in [3.8, 4) is 5.69 Å². The Morgan fingerprint density at radius 1 is 0.939 bits per heavy atom. The summed E-state index contributed by atoms with van der Waals surface area (Å²) in [5, 5.41) is 4.73. The first kappa shape index (κ1) is 21.9. The second-order valence-corrected chi connectivity index (χ2v) is 10.8. The Morgan fingerprint density at radius 3 is 2.27 bits per heavy atom. The first-order valence-electron chi connectivity index (χ1n) is 11.4. The molecule has 0 unspecified atom stereocenters. The molecule has 3 aromatic rings. The van der Waals surface area contributed by atoms with Crippen LogP contribution in [0.5, 0.6) is 0 Å². The number of rotatable bonds is 5. The third kappa shape index (κ3) is 4.20. The molecule has 5 rings (SSSR count). The van der Waals surface area contributed by atoms with Crippen molar-refractivity contribution in [1.82, 2.24) is 19.0 Å². The zero-order valence-electron chi connectivity index (χ0n) is 18.9. The number of benzene rings is 2. The van der Waals surface area contributed by atoms with Crippen LogP contribution in [-0.4, -0.2) is 59.5 Å². The Morgan fingerprint density at radius 2 is 1.64 bits per heavy atom. The van der Waals surface area contributed by atoms with Gasteiger partial charge in [0.2, 0.25) is 10.0 Å². The largest absolute Gasteiger partial charge is 0.335 e. The number of carbonyl (C=O) groups excluding carboxylic acids is 1. The van der Waals surface area contributed by atoms with Gasteiger partial charge in [0.1, 0.15) is 5.69 Å². The summed E-state index contributed by atoms with van der Waals surface area (Å²) in [5.74, 6) is 0.322. The maximum atomic E-state index is 13.5. The molecule has 2 aliphatic rings. The normalized spacial score (nSPS) is 17.3. The summed E-state index contributed by atoms with van der Waals surface area (Å²) in [5.41, 5.74) is 4.12. The number of hydrogen-bond donors (Lipinski definition) is 0. The standard InChI is InChI=1S/C25H28N4O3S/c1-18-8-11-24(19(2)16-18)33(31,32)28-14-12-27(13-15-28)25(30)23-17-22(20-9-10-20)26-29(23)21-6-4-3-5-7-21/h3-8,11,16-17,20H,9-10,12-15H2,1-2H3. The molecule has 1 aliphatic carbocycles. The summed E-state index contributed by atoms with van der Waals surface area (Å²) >= 11 is 0. The van der Waals surface area contributed by atoms with E-state index in [-0.39, 0.29) is 19.0 Å². The zero-order chi connectivity index (χ0) is 23.2. The molecular weight excluding hydrogens is 436 g/mol. The Labute approximate surface area is 194 Å². The number of amides is 1. The Balaban J connectivity index is 1.35. The number of hydrogen-bond acceptors (Lipinski definition) is 4. The van der Waals surface area contributed by atoms with Gasteiger partial charge in [-0.25, -0.2) is 13.1 Å². The van der Waals surface area contributed by atoms with E-state index in [0.29, 0.717) is 29.6 Å². The summed E-state index contributed by atoms with van der Waals surface area (Å²) < 4.78 is 29.6. The molecule has 2 aromatic carbocycles. The number of carbonyl (C=O) groups is 1. The van der Waals surface area contributed by atoms with Crippen molar-refractivity contribution >= 4 is 15.9 Å². The van der Waals surface area contributed by atoms with E-state index in [4.69, 9.17) is 5.10 Å². The predicted molar refractivity (Wildman–Crippen MR) is 126 cm³/mol. The highest BCUT2D eigenvalue weighted by Gasteiger charge is 2.34. The van der Waals surface area contributed by atoms with Crippen LogP contribution < -0.4 is 0 Å². The quantitative estimate of drug-likeness (QED) is 0.579. The van der Waals surface area contributed by atoms with Crippen LogP contribution >= 0.6 is 0 Å². The fraction of sp³-hybridized carbons (Fsp3) is 0.360. The number of sulfonamides is 1. The van der Waals surface area contributed by atoms with E-state index in [9.17, 15) is 13.2 Å². The van der Waals surface area contributed by atoms with Gasteiger partial charge >= 0.3 is 0 Å². The molecule has 0 spiro atoms. The molecule has 1 saturated carbocycles. The van der Waals surface area contributed by atoms with Crippen molar-refractivity contribution in [1.29, 1.82) is 0 Å². The molecule has 172 valence electrons. The van der Waals surface area contributed by atoms with Gasteiger partial charge in [0.25, 0.3) is 5.91 Å². The van der Waals surface area contributed by atoms with Crippen LogP contribution in [-0.2, 0) is 10.0 Å². The van der Waals surface area contributed by atoms with Crippen molar-refractivity contribution in [2.24, 2.45) is 0 Å². The monoisotopic (exact) mass is 464 g/mol. The second-order valence-electron chi connectivity index (χ2n) is 8.94. The van der Waals surface area contributed by atoms with E-state index in [1.165, 1.54) is 4.31 Å². The number of aromatic nitrogens is 2. The minimum absolute atomic E-state index is 0.109. The maximum Gasteiger partial charge on any atom is 0.272 e. The van der Waals surface area contributed by atoms with Gasteiger partial charge < -0.3 is 4.90 Å². The number of para-hydroxylation sites is 1. The van der Waals surface area contributed by atoms with E-state index in [1.54, 1.807) is 15.6 Å². The van der Waals surface area contributed by atoms with Gasteiger partial charge in [-0.05, 0) is 56.5 Å². The molecule has 0 N–H and O–H groups in total. The highest BCUT2D eigenvalue weighted by atomic mass is 32.2. The number of piperazine rings is 1. The molecule has 8 heteroatoms. The second kappa shape index (κ2) is 8.43. The predicted octanol–water partition coefficient (Wildman–Crippen LogP) is 3.51. The van der Waals surface area contributed by atoms with Crippen molar-refractivity contribution < 1.29 is 13.2 Å². The van der Waals surface area contributed by atoms with E-state index in [2.05, 4.69) is 0 Å². The van der Waals surface area contributed by atoms with Gasteiger partial charge in [0, 0.05) is 32.1 Å². The molecule has 1 saturated heterocycles. The van der Waals surface area contributed by atoms with Crippen LogP contribution in [0, 0.1) is 13.8 Å². The van der Waals surface area contributed by atoms with Crippen molar-refractivity contribution in [3.05, 3.63) is 77.1 Å². The lowest BCUT2D eigenvalue weighted by atomic mass is 10.2. The molecule has 33 heavy (non-hydrogen) atoms. The van der Waals surface area contributed by atoms with Crippen LogP contribution in [0.15, 0.2) is 59.5 Å². The SMILES string of the molecule is Cc1ccc(S(=O)(=O)N2CCN(C(=O)c3cc(C4CC4)nn3-c3ccccc3)CC2)c(C)c1. The lowest BCUT2D eigenvalue weighted by Crippen LogP contribution is -2.50. The summed E-state index contributed by atoms with van der Waals surface area (Å²) in [6, 6.07) is 17.0. The summed E-state index contributed by atoms with van der Waals surface area (Å²) in [6.07, 6.45) is 2.21. The fourth-order valence-corrected chi connectivity index (χ4v) is 6.05. The van der Waals surface area contributed by atoms with Crippen molar-refractivity contribution in [3.63, 3.8) is 0 Å². The molecule has 2 fully saturated rings. The summed E-state index contributed by atoms with van der Waals surface area (Å²) in [6.45, 7) is 5.01. The molecule has 1 aliphatic heterocycles.